The summed E-state index contributed by atoms with van der Waals surface area (Å²) in [6, 6.07) is -0.443. The summed E-state index contributed by atoms with van der Waals surface area (Å²) < 4.78 is 6.01. The van der Waals surface area contributed by atoms with E-state index in [0.29, 0.717) is 13.2 Å². The summed E-state index contributed by atoms with van der Waals surface area (Å²) >= 11 is 0.909. The van der Waals surface area contributed by atoms with Gasteiger partial charge < -0.3 is 10.1 Å². The molecule has 0 atom stereocenters. The lowest BCUT2D eigenvalue weighted by Gasteiger charge is -2.01. The highest BCUT2D eigenvalue weighted by Gasteiger charge is 2.12. The van der Waals surface area contributed by atoms with Gasteiger partial charge in [0.25, 0.3) is 5.19 Å². The Morgan fingerprint density at radius 3 is 2.94 bits per heavy atom. The molecule has 0 aromatic carbocycles. The van der Waals surface area contributed by atoms with Crippen LogP contribution in [0.2, 0.25) is 0 Å². The predicted octanol–water partition coefficient (Wildman–Crippen LogP) is 1.06. The molecule has 0 saturated heterocycles. The van der Waals surface area contributed by atoms with E-state index in [2.05, 4.69) is 10.3 Å². The quantitative estimate of drug-likeness (QED) is 0.787. The van der Waals surface area contributed by atoms with E-state index < -0.39 is 11.7 Å². The van der Waals surface area contributed by atoms with Gasteiger partial charge in [-0.25, -0.2) is 9.59 Å². The van der Waals surface area contributed by atoms with Crippen LogP contribution >= 0.6 is 11.5 Å². The van der Waals surface area contributed by atoms with Crippen LogP contribution in [-0.4, -0.2) is 28.1 Å². The van der Waals surface area contributed by atoms with Gasteiger partial charge in [-0.15, -0.1) is 4.98 Å². The third-order valence-electron chi connectivity index (χ3n) is 1.79. The van der Waals surface area contributed by atoms with Gasteiger partial charge in [0.05, 0.1) is 6.61 Å². The molecule has 0 unspecified atom stereocenters. The Morgan fingerprint density at radius 1 is 1.56 bits per heavy atom. The average molecular weight is 245 g/mol. The second kappa shape index (κ2) is 6.26. The van der Waals surface area contributed by atoms with Gasteiger partial charge in [0.2, 0.25) is 0 Å². The standard InChI is InChI=1S/C9H15N3O3S/c1-3-5-6-10-7(13)12-8(14)11-9(16-12)15-4-2/h3-6H2,1-2H3,(H,10,13). The van der Waals surface area contributed by atoms with Crippen LogP contribution in [0.5, 0.6) is 5.19 Å². The third kappa shape index (κ3) is 3.34. The zero-order chi connectivity index (χ0) is 12.0. The Labute approximate surface area is 97.4 Å². The largest absolute Gasteiger partial charge is 0.469 e. The first-order valence-electron chi connectivity index (χ1n) is 5.20. The number of aromatic nitrogens is 2. The van der Waals surface area contributed by atoms with Crippen molar-refractivity contribution in [2.24, 2.45) is 0 Å². The van der Waals surface area contributed by atoms with E-state index in [1.165, 1.54) is 0 Å². The molecule has 90 valence electrons. The maximum atomic E-state index is 11.5. The van der Waals surface area contributed by atoms with Gasteiger partial charge in [-0.05, 0) is 13.3 Å². The van der Waals surface area contributed by atoms with Gasteiger partial charge in [-0.2, -0.15) is 3.96 Å². The van der Waals surface area contributed by atoms with Crippen molar-refractivity contribution in [1.82, 2.24) is 14.3 Å². The van der Waals surface area contributed by atoms with Gasteiger partial charge in [-0.3, -0.25) is 0 Å². The number of rotatable bonds is 5. The van der Waals surface area contributed by atoms with Crippen molar-refractivity contribution in [3.05, 3.63) is 10.5 Å². The molecule has 7 heteroatoms. The van der Waals surface area contributed by atoms with Gasteiger partial charge in [-0.1, -0.05) is 13.3 Å². The van der Waals surface area contributed by atoms with Crippen molar-refractivity contribution in [3.63, 3.8) is 0 Å². The summed E-state index contributed by atoms with van der Waals surface area (Å²) in [6.07, 6.45) is 1.87. The number of carbonyl (C=O) groups is 1. The molecule has 1 heterocycles. The Kier molecular flexibility index (Phi) is 4.97. The number of hydrogen-bond acceptors (Lipinski definition) is 5. The number of nitrogens with zero attached hydrogens (tertiary/aromatic N) is 2. The second-order valence-electron chi connectivity index (χ2n) is 3.06. The van der Waals surface area contributed by atoms with E-state index in [4.69, 9.17) is 4.74 Å². The third-order valence-corrected chi connectivity index (χ3v) is 2.66. The molecule has 6 nitrogen and oxygen atoms in total. The smallest absolute Gasteiger partial charge is 0.369 e. The highest BCUT2D eigenvalue weighted by Crippen LogP contribution is 2.10. The minimum Gasteiger partial charge on any atom is -0.469 e. The van der Waals surface area contributed by atoms with E-state index in [1.807, 2.05) is 6.92 Å². The van der Waals surface area contributed by atoms with Crippen LogP contribution in [0.1, 0.15) is 26.7 Å². The van der Waals surface area contributed by atoms with E-state index in [0.717, 1.165) is 28.3 Å². The monoisotopic (exact) mass is 245 g/mol. The van der Waals surface area contributed by atoms with E-state index >= 15 is 0 Å². The molecule has 0 bridgehead atoms. The van der Waals surface area contributed by atoms with Crippen LogP contribution in [0, 0.1) is 0 Å². The molecule has 0 fully saturated rings. The molecule has 0 radical (unpaired) electrons. The number of carbonyl (C=O) groups excluding carboxylic acids is 1. The van der Waals surface area contributed by atoms with Crippen LogP contribution in [-0.2, 0) is 0 Å². The number of nitrogens with one attached hydrogen (secondary N) is 1. The lowest BCUT2D eigenvalue weighted by molar-refractivity contribution is 0.243. The molecule has 0 aliphatic rings. The summed E-state index contributed by atoms with van der Waals surface area (Å²) in [5, 5.41) is 2.86. The predicted molar refractivity (Wildman–Crippen MR) is 61.2 cm³/mol. The zero-order valence-electron chi connectivity index (χ0n) is 9.36. The topological polar surface area (TPSA) is 73.2 Å². The first-order valence-corrected chi connectivity index (χ1v) is 5.97. The molecule has 1 rings (SSSR count). The fourth-order valence-electron chi connectivity index (χ4n) is 1.02. The highest BCUT2D eigenvalue weighted by atomic mass is 32.1. The van der Waals surface area contributed by atoms with E-state index in [-0.39, 0.29) is 5.19 Å². The minimum absolute atomic E-state index is 0.221. The number of amides is 1. The Bertz CT molecular complexity index is 399. The highest BCUT2D eigenvalue weighted by molar-refractivity contribution is 7.09. The molecule has 0 saturated carbocycles. The first-order chi connectivity index (χ1) is 7.69. The normalized spacial score (nSPS) is 10.1. The van der Waals surface area contributed by atoms with Crippen molar-refractivity contribution < 1.29 is 9.53 Å². The Hall–Kier alpha value is -1.37. The summed E-state index contributed by atoms with van der Waals surface area (Å²) in [7, 11) is 0. The van der Waals surface area contributed by atoms with E-state index in [1.54, 1.807) is 6.92 Å². The lowest BCUT2D eigenvalue weighted by Crippen LogP contribution is -2.34. The summed E-state index contributed by atoms with van der Waals surface area (Å²) in [6.45, 7) is 4.80. The van der Waals surface area contributed by atoms with Crippen LogP contribution in [0.25, 0.3) is 0 Å². The molecule has 1 amide bonds. The van der Waals surface area contributed by atoms with Gasteiger partial charge in [0.15, 0.2) is 0 Å². The molecular weight excluding hydrogens is 230 g/mol. The maximum Gasteiger partial charge on any atom is 0.369 e. The molecule has 0 spiro atoms. The van der Waals surface area contributed by atoms with Crippen LogP contribution < -0.4 is 15.7 Å². The van der Waals surface area contributed by atoms with Gasteiger partial charge in [0.1, 0.15) is 0 Å². The van der Waals surface area contributed by atoms with Crippen molar-refractivity contribution in [2.45, 2.75) is 26.7 Å². The Balaban J connectivity index is 2.64. The van der Waals surface area contributed by atoms with Crippen LogP contribution in [0.4, 0.5) is 4.79 Å². The molecular formula is C9H15N3O3S. The fourth-order valence-corrected chi connectivity index (χ4v) is 1.73. The molecule has 1 aromatic heterocycles. The second-order valence-corrected chi connectivity index (χ2v) is 3.96. The SMILES string of the molecule is CCCCNC(=O)n1sc(OCC)nc1=O. The number of unbranched alkanes of at least 4 members (excludes halogenated alkanes) is 1. The van der Waals surface area contributed by atoms with Gasteiger partial charge >= 0.3 is 11.7 Å². The molecule has 1 N–H and O–H groups in total. The molecule has 16 heavy (non-hydrogen) atoms. The lowest BCUT2D eigenvalue weighted by atomic mass is 10.3. The number of hydrogen-bond donors (Lipinski definition) is 1. The molecule has 0 aliphatic carbocycles. The van der Waals surface area contributed by atoms with Crippen molar-refractivity contribution in [3.8, 4) is 5.19 Å². The average Bonchev–Trinajstić information content (AvgIpc) is 2.60. The summed E-state index contributed by atoms with van der Waals surface area (Å²) in [4.78, 5) is 26.4. The summed E-state index contributed by atoms with van der Waals surface area (Å²) in [5.41, 5.74) is -0.595. The van der Waals surface area contributed by atoms with Crippen LogP contribution in [0.3, 0.4) is 0 Å². The summed E-state index contributed by atoms with van der Waals surface area (Å²) in [5.74, 6) is 0. The molecule has 0 aliphatic heterocycles. The van der Waals surface area contributed by atoms with Crippen molar-refractivity contribution in [2.75, 3.05) is 13.2 Å². The van der Waals surface area contributed by atoms with Gasteiger partial charge in [0, 0.05) is 18.1 Å². The maximum absolute atomic E-state index is 11.5. The van der Waals surface area contributed by atoms with Crippen molar-refractivity contribution in [1.29, 1.82) is 0 Å². The number of ether oxygens (including phenoxy) is 1. The minimum atomic E-state index is -0.595. The molecule has 1 aromatic rings. The first kappa shape index (κ1) is 12.7. The van der Waals surface area contributed by atoms with E-state index in [9.17, 15) is 9.59 Å². The fraction of sp³-hybridized carbons (Fsp3) is 0.667. The van der Waals surface area contributed by atoms with Crippen molar-refractivity contribution >= 4 is 17.6 Å². The zero-order valence-corrected chi connectivity index (χ0v) is 10.2. The van der Waals surface area contributed by atoms with Crippen LogP contribution in [0.15, 0.2) is 4.79 Å². The Morgan fingerprint density at radius 2 is 2.31 bits per heavy atom.